The summed E-state index contributed by atoms with van der Waals surface area (Å²) in [6, 6.07) is 6.26. The largest absolute Gasteiger partial charge is 0.417 e. The molecule has 1 aromatic rings. The molecule has 65 valence electrons. The van der Waals surface area contributed by atoms with E-state index in [1.54, 1.807) is 12.3 Å². The second kappa shape index (κ2) is 3.39. The molecule has 0 saturated carbocycles. The highest BCUT2D eigenvalue weighted by molar-refractivity contribution is 7.98. The molecule has 0 atom stereocenters. The Kier molecular flexibility index (Phi) is 2.67. The number of benzene rings is 1. The molecule has 0 saturated heterocycles. The minimum Gasteiger partial charge on any atom is -0.166 e. The van der Waals surface area contributed by atoms with Gasteiger partial charge in [0.25, 0.3) is 0 Å². The maximum absolute atomic E-state index is 12.1. The third kappa shape index (κ3) is 2.17. The van der Waals surface area contributed by atoms with Gasteiger partial charge in [-0.15, -0.1) is 11.8 Å². The Morgan fingerprint density at radius 3 is 2.50 bits per heavy atom. The van der Waals surface area contributed by atoms with Crippen LogP contribution in [0.4, 0.5) is 13.2 Å². The first-order chi connectivity index (χ1) is 5.54. The predicted molar refractivity (Wildman–Crippen MR) is 42.1 cm³/mol. The minimum atomic E-state index is -4.29. The van der Waals surface area contributed by atoms with Crippen molar-refractivity contribution in [2.45, 2.75) is 11.1 Å². The van der Waals surface area contributed by atoms with Gasteiger partial charge in [-0.05, 0) is 18.4 Å². The summed E-state index contributed by atoms with van der Waals surface area (Å²) in [6.07, 6.45) is -2.57. The molecule has 0 unspecified atom stereocenters. The molecule has 1 radical (unpaired) electrons. The van der Waals surface area contributed by atoms with Crippen LogP contribution in [0, 0.1) is 6.07 Å². The third-order valence-electron chi connectivity index (χ3n) is 1.29. The number of halogens is 3. The fourth-order valence-corrected chi connectivity index (χ4v) is 1.16. The van der Waals surface area contributed by atoms with E-state index in [-0.39, 0.29) is 0 Å². The van der Waals surface area contributed by atoms with Crippen molar-refractivity contribution < 1.29 is 13.2 Å². The molecule has 1 aromatic carbocycles. The van der Waals surface area contributed by atoms with Gasteiger partial charge >= 0.3 is 6.18 Å². The van der Waals surface area contributed by atoms with Crippen molar-refractivity contribution in [3.05, 3.63) is 29.8 Å². The summed E-state index contributed by atoms with van der Waals surface area (Å²) in [5, 5.41) is 0. The van der Waals surface area contributed by atoms with Crippen LogP contribution in [-0.4, -0.2) is 6.26 Å². The van der Waals surface area contributed by atoms with Crippen molar-refractivity contribution in [2.24, 2.45) is 0 Å². The summed E-state index contributed by atoms with van der Waals surface area (Å²) in [5.41, 5.74) is -0.714. The SMILES string of the molecule is CSc1[c]c(C(F)(F)F)ccc1. The monoisotopic (exact) mass is 191 g/mol. The van der Waals surface area contributed by atoms with Gasteiger partial charge < -0.3 is 0 Å². The molecule has 12 heavy (non-hydrogen) atoms. The summed E-state index contributed by atoms with van der Waals surface area (Å²) < 4.78 is 36.2. The lowest BCUT2D eigenvalue weighted by atomic mass is 10.2. The normalized spacial score (nSPS) is 11.7. The van der Waals surface area contributed by atoms with E-state index in [0.717, 1.165) is 6.07 Å². The van der Waals surface area contributed by atoms with Crippen LogP contribution in [0.25, 0.3) is 0 Å². The van der Waals surface area contributed by atoms with Gasteiger partial charge in [0.1, 0.15) is 0 Å². The maximum atomic E-state index is 12.1. The lowest BCUT2D eigenvalue weighted by Gasteiger charge is -2.06. The Morgan fingerprint density at radius 1 is 1.33 bits per heavy atom. The lowest BCUT2D eigenvalue weighted by molar-refractivity contribution is -0.138. The van der Waals surface area contributed by atoms with Crippen molar-refractivity contribution in [1.29, 1.82) is 0 Å². The number of rotatable bonds is 1. The number of hydrogen-bond acceptors (Lipinski definition) is 1. The van der Waals surface area contributed by atoms with Crippen LogP contribution in [0.5, 0.6) is 0 Å². The summed E-state index contributed by atoms with van der Waals surface area (Å²) in [4.78, 5) is 0.504. The van der Waals surface area contributed by atoms with E-state index < -0.39 is 11.7 Å². The van der Waals surface area contributed by atoms with Crippen molar-refractivity contribution in [3.8, 4) is 0 Å². The van der Waals surface area contributed by atoms with Gasteiger partial charge in [0.15, 0.2) is 0 Å². The van der Waals surface area contributed by atoms with Gasteiger partial charge in [0.05, 0.1) is 5.56 Å². The molecule has 1 rings (SSSR count). The van der Waals surface area contributed by atoms with Crippen LogP contribution < -0.4 is 0 Å². The molecule has 0 amide bonds. The topological polar surface area (TPSA) is 0 Å². The molecule has 0 aliphatic heterocycles. The summed E-state index contributed by atoms with van der Waals surface area (Å²) in [5.74, 6) is 0. The Balaban J connectivity index is 3.02. The molecule has 0 aliphatic rings. The van der Waals surface area contributed by atoms with Gasteiger partial charge in [0.2, 0.25) is 0 Å². The third-order valence-corrected chi connectivity index (χ3v) is 1.97. The smallest absolute Gasteiger partial charge is 0.166 e. The van der Waals surface area contributed by atoms with Crippen molar-refractivity contribution in [2.75, 3.05) is 6.26 Å². The zero-order chi connectivity index (χ0) is 9.19. The fraction of sp³-hybridized carbons (Fsp3) is 0.250. The highest BCUT2D eigenvalue weighted by Gasteiger charge is 2.30. The van der Waals surface area contributed by atoms with Crippen LogP contribution in [0.1, 0.15) is 5.56 Å². The second-order valence-corrected chi connectivity index (χ2v) is 2.98. The van der Waals surface area contributed by atoms with E-state index >= 15 is 0 Å². The zero-order valence-electron chi connectivity index (χ0n) is 6.27. The maximum Gasteiger partial charge on any atom is 0.417 e. The number of hydrogen-bond donors (Lipinski definition) is 0. The van der Waals surface area contributed by atoms with E-state index in [1.165, 1.54) is 17.8 Å². The first-order valence-electron chi connectivity index (χ1n) is 3.17. The van der Waals surface area contributed by atoms with Gasteiger partial charge in [0, 0.05) is 11.0 Å². The Hall–Kier alpha value is -0.640. The molecule has 0 nitrogen and oxygen atoms in total. The molecular formula is C8H6F3S. The van der Waals surface area contributed by atoms with Crippen LogP contribution >= 0.6 is 11.8 Å². The molecule has 4 heteroatoms. The Labute approximate surface area is 72.8 Å². The predicted octanol–water partition coefficient (Wildman–Crippen LogP) is 3.23. The highest BCUT2D eigenvalue weighted by Crippen LogP contribution is 2.30. The van der Waals surface area contributed by atoms with E-state index in [9.17, 15) is 13.2 Å². The Bertz CT molecular complexity index is 267. The number of thioether (sulfide) groups is 1. The molecule has 0 bridgehead atoms. The average Bonchev–Trinajstić information content (AvgIpc) is 2.03. The van der Waals surface area contributed by atoms with Crippen LogP contribution in [-0.2, 0) is 6.18 Å². The fourth-order valence-electron chi connectivity index (χ4n) is 0.732. The first kappa shape index (κ1) is 9.45. The van der Waals surface area contributed by atoms with Crippen LogP contribution in [0.15, 0.2) is 23.1 Å². The zero-order valence-corrected chi connectivity index (χ0v) is 7.09. The average molecular weight is 191 g/mol. The number of alkyl halides is 3. The van der Waals surface area contributed by atoms with Crippen LogP contribution in [0.3, 0.4) is 0 Å². The van der Waals surface area contributed by atoms with Gasteiger partial charge in [-0.3, -0.25) is 0 Å². The highest BCUT2D eigenvalue weighted by atomic mass is 32.2. The summed E-state index contributed by atoms with van der Waals surface area (Å²) in [7, 11) is 0. The molecule has 0 spiro atoms. The van der Waals surface area contributed by atoms with E-state index in [1.807, 2.05) is 0 Å². The second-order valence-electron chi connectivity index (χ2n) is 2.13. The van der Waals surface area contributed by atoms with Gasteiger partial charge in [-0.25, -0.2) is 0 Å². The van der Waals surface area contributed by atoms with Gasteiger partial charge in [-0.1, -0.05) is 6.07 Å². The molecule has 0 heterocycles. The van der Waals surface area contributed by atoms with Crippen molar-refractivity contribution >= 4 is 11.8 Å². The standard InChI is InChI=1S/C8H6F3S/c1-12-7-4-2-3-6(5-7)8(9,10)11/h2-4H,1H3. The van der Waals surface area contributed by atoms with Crippen LogP contribution in [0.2, 0.25) is 0 Å². The van der Waals surface area contributed by atoms with E-state index in [4.69, 9.17) is 0 Å². The van der Waals surface area contributed by atoms with Crippen molar-refractivity contribution in [1.82, 2.24) is 0 Å². The molecule has 0 aliphatic carbocycles. The minimum absolute atomic E-state index is 0.504. The molecule has 0 fully saturated rings. The van der Waals surface area contributed by atoms with E-state index in [0.29, 0.717) is 4.90 Å². The summed E-state index contributed by atoms with van der Waals surface area (Å²) >= 11 is 1.24. The van der Waals surface area contributed by atoms with Crippen molar-refractivity contribution in [3.63, 3.8) is 0 Å². The van der Waals surface area contributed by atoms with E-state index in [2.05, 4.69) is 6.07 Å². The first-order valence-corrected chi connectivity index (χ1v) is 4.40. The lowest BCUT2D eigenvalue weighted by Crippen LogP contribution is -2.04. The molecular weight excluding hydrogens is 185 g/mol. The molecule has 0 N–H and O–H groups in total. The molecule has 0 aromatic heterocycles. The summed E-state index contributed by atoms with van der Waals surface area (Å²) in [6.45, 7) is 0. The quantitative estimate of drug-likeness (QED) is 0.614. The van der Waals surface area contributed by atoms with Gasteiger partial charge in [-0.2, -0.15) is 13.2 Å². The Morgan fingerprint density at radius 2 is 2.00 bits per heavy atom.